The first-order valence-electron chi connectivity index (χ1n) is 5.62. The summed E-state index contributed by atoms with van der Waals surface area (Å²) in [5.41, 5.74) is 2.12. The maximum atomic E-state index is 9.74. The van der Waals surface area contributed by atoms with E-state index in [1.165, 1.54) is 0 Å². The third kappa shape index (κ3) is 2.36. The molecule has 0 radical (unpaired) electrons. The first-order chi connectivity index (χ1) is 8.20. The molecule has 0 saturated carbocycles. The number of para-hydroxylation sites is 1. The van der Waals surface area contributed by atoms with Gasteiger partial charge in [0.25, 0.3) is 0 Å². The molecule has 0 aliphatic heterocycles. The Labute approximate surface area is 101 Å². The molecule has 86 valence electrons. The Morgan fingerprint density at radius 3 is 2.24 bits per heavy atom. The molecule has 2 N–H and O–H groups in total. The molecular formula is C15H15NO. The topological polar surface area (TPSA) is 44.1 Å². The Kier molecular flexibility index (Phi) is 3.24. The maximum absolute atomic E-state index is 9.74. The summed E-state index contributed by atoms with van der Waals surface area (Å²) in [7, 11) is 0. The Bertz CT molecular complexity index is 519. The van der Waals surface area contributed by atoms with Gasteiger partial charge in [0, 0.05) is 17.2 Å². The standard InChI is InChI=1S/C15H15NO/c1-11(12-7-3-2-4-8-12)15(16)13-9-5-6-10-14(13)17/h2-11,16-17H,1H3. The van der Waals surface area contributed by atoms with Gasteiger partial charge in [-0.3, -0.25) is 0 Å². The summed E-state index contributed by atoms with van der Waals surface area (Å²) in [4.78, 5) is 0. The summed E-state index contributed by atoms with van der Waals surface area (Å²) >= 11 is 0. The fraction of sp³-hybridized carbons (Fsp3) is 0.133. The molecule has 0 heterocycles. The van der Waals surface area contributed by atoms with E-state index in [0.717, 1.165) is 5.56 Å². The van der Waals surface area contributed by atoms with Crippen molar-refractivity contribution in [2.24, 2.45) is 0 Å². The van der Waals surface area contributed by atoms with Crippen molar-refractivity contribution in [2.45, 2.75) is 12.8 Å². The first-order valence-corrected chi connectivity index (χ1v) is 5.62. The summed E-state index contributed by atoms with van der Waals surface area (Å²) in [6.07, 6.45) is 0. The molecule has 2 rings (SSSR count). The molecule has 17 heavy (non-hydrogen) atoms. The molecule has 1 unspecified atom stereocenters. The van der Waals surface area contributed by atoms with Crippen molar-refractivity contribution >= 4 is 5.71 Å². The van der Waals surface area contributed by atoms with Crippen LogP contribution in [0.1, 0.15) is 24.0 Å². The maximum Gasteiger partial charge on any atom is 0.124 e. The number of hydrogen-bond acceptors (Lipinski definition) is 2. The summed E-state index contributed by atoms with van der Waals surface area (Å²) in [5, 5.41) is 17.9. The van der Waals surface area contributed by atoms with Crippen LogP contribution in [0.5, 0.6) is 5.75 Å². The van der Waals surface area contributed by atoms with Gasteiger partial charge in [-0.15, -0.1) is 0 Å². The van der Waals surface area contributed by atoms with Crippen molar-refractivity contribution in [3.05, 3.63) is 65.7 Å². The fourth-order valence-corrected chi connectivity index (χ4v) is 1.84. The Morgan fingerprint density at radius 2 is 1.59 bits per heavy atom. The van der Waals surface area contributed by atoms with E-state index in [1.807, 2.05) is 43.3 Å². The van der Waals surface area contributed by atoms with Crippen LogP contribution < -0.4 is 0 Å². The SMILES string of the molecule is CC(C(=N)c1ccccc1O)c1ccccc1. The average Bonchev–Trinajstić information content (AvgIpc) is 2.39. The van der Waals surface area contributed by atoms with E-state index in [1.54, 1.807) is 18.2 Å². The van der Waals surface area contributed by atoms with Crippen molar-refractivity contribution < 1.29 is 5.11 Å². The summed E-state index contributed by atoms with van der Waals surface area (Å²) in [5.74, 6) is 0.143. The lowest BCUT2D eigenvalue weighted by atomic mass is 9.91. The van der Waals surface area contributed by atoms with Gasteiger partial charge < -0.3 is 10.5 Å². The lowest BCUT2D eigenvalue weighted by molar-refractivity contribution is 0.474. The second kappa shape index (κ2) is 4.83. The zero-order valence-corrected chi connectivity index (χ0v) is 9.72. The van der Waals surface area contributed by atoms with Gasteiger partial charge in [0.2, 0.25) is 0 Å². The van der Waals surface area contributed by atoms with E-state index in [-0.39, 0.29) is 11.7 Å². The Balaban J connectivity index is 2.30. The third-order valence-electron chi connectivity index (χ3n) is 2.93. The number of benzene rings is 2. The molecule has 1 atom stereocenters. The summed E-state index contributed by atoms with van der Waals surface area (Å²) in [6, 6.07) is 16.9. The number of aromatic hydroxyl groups is 1. The van der Waals surface area contributed by atoms with E-state index in [0.29, 0.717) is 11.3 Å². The van der Waals surface area contributed by atoms with Crippen LogP contribution in [0.4, 0.5) is 0 Å². The lowest BCUT2D eigenvalue weighted by Crippen LogP contribution is -2.09. The highest BCUT2D eigenvalue weighted by atomic mass is 16.3. The van der Waals surface area contributed by atoms with Crippen LogP contribution in [0.3, 0.4) is 0 Å². The Hall–Kier alpha value is -2.09. The quantitative estimate of drug-likeness (QED) is 0.771. The van der Waals surface area contributed by atoms with E-state index in [2.05, 4.69) is 0 Å². The predicted octanol–water partition coefficient (Wildman–Crippen LogP) is 3.56. The number of hydrogen-bond donors (Lipinski definition) is 2. The molecule has 2 heteroatoms. The van der Waals surface area contributed by atoms with Crippen LogP contribution in [0.15, 0.2) is 54.6 Å². The smallest absolute Gasteiger partial charge is 0.124 e. The minimum absolute atomic E-state index is 0.0236. The number of rotatable bonds is 3. The van der Waals surface area contributed by atoms with E-state index in [9.17, 15) is 5.11 Å². The van der Waals surface area contributed by atoms with Crippen molar-refractivity contribution in [2.75, 3.05) is 0 Å². The van der Waals surface area contributed by atoms with Gasteiger partial charge in [0.15, 0.2) is 0 Å². The van der Waals surface area contributed by atoms with E-state index < -0.39 is 0 Å². The van der Waals surface area contributed by atoms with Crippen LogP contribution in [0.2, 0.25) is 0 Å². The van der Waals surface area contributed by atoms with E-state index in [4.69, 9.17) is 5.41 Å². The van der Waals surface area contributed by atoms with Crippen LogP contribution in [-0.4, -0.2) is 10.8 Å². The highest BCUT2D eigenvalue weighted by Gasteiger charge is 2.15. The molecule has 0 amide bonds. The van der Waals surface area contributed by atoms with Gasteiger partial charge in [-0.05, 0) is 17.7 Å². The third-order valence-corrected chi connectivity index (χ3v) is 2.93. The fourth-order valence-electron chi connectivity index (χ4n) is 1.84. The molecule has 0 aromatic heterocycles. The van der Waals surface area contributed by atoms with Crippen LogP contribution >= 0.6 is 0 Å². The normalized spacial score (nSPS) is 12.1. The van der Waals surface area contributed by atoms with Crippen molar-refractivity contribution in [3.8, 4) is 5.75 Å². The minimum Gasteiger partial charge on any atom is -0.507 e. The molecule has 0 aliphatic carbocycles. The molecule has 2 aromatic rings. The van der Waals surface area contributed by atoms with Crippen molar-refractivity contribution in [3.63, 3.8) is 0 Å². The Morgan fingerprint density at radius 1 is 1.00 bits per heavy atom. The summed E-state index contributed by atoms with van der Waals surface area (Å²) in [6.45, 7) is 1.98. The van der Waals surface area contributed by atoms with Gasteiger partial charge in [0.05, 0.1) is 0 Å². The molecule has 0 spiro atoms. The van der Waals surface area contributed by atoms with Crippen LogP contribution in [0.25, 0.3) is 0 Å². The first kappa shape index (κ1) is 11.4. The van der Waals surface area contributed by atoms with Gasteiger partial charge in [0.1, 0.15) is 5.75 Å². The molecule has 2 aromatic carbocycles. The molecular weight excluding hydrogens is 210 g/mol. The summed E-state index contributed by atoms with van der Waals surface area (Å²) < 4.78 is 0. The molecule has 0 aliphatic rings. The van der Waals surface area contributed by atoms with Crippen molar-refractivity contribution in [1.82, 2.24) is 0 Å². The molecule has 0 bridgehead atoms. The van der Waals surface area contributed by atoms with Gasteiger partial charge in [-0.25, -0.2) is 0 Å². The largest absolute Gasteiger partial charge is 0.507 e. The highest BCUT2D eigenvalue weighted by molar-refractivity contribution is 6.04. The second-order valence-electron chi connectivity index (χ2n) is 4.06. The second-order valence-corrected chi connectivity index (χ2v) is 4.06. The number of nitrogens with one attached hydrogen (secondary N) is 1. The zero-order chi connectivity index (χ0) is 12.3. The van der Waals surface area contributed by atoms with Crippen LogP contribution in [-0.2, 0) is 0 Å². The molecule has 0 saturated heterocycles. The number of phenols is 1. The highest BCUT2D eigenvalue weighted by Crippen LogP contribution is 2.25. The lowest BCUT2D eigenvalue weighted by Gasteiger charge is -2.14. The minimum atomic E-state index is -0.0236. The van der Waals surface area contributed by atoms with Crippen molar-refractivity contribution in [1.29, 1.82) is 5.41 Å². The monoisotopic (exact) mass is 225 g/mol. The predicted molar refractivity (Wildman–Crippen MR) is 69.8 cm³/mol. The zero-order valence-electron chi connectivity index (χ0n) is 9.72. The average molecular weight is 225 g/mol. The van der Waals surface area contributed by atoms with Gasteiger partial charge >= 0.3 is 0 Å². The van der Waals surface area contributed by atoms with Crippen LogP contribution in [0, 0.1) is 5.41 Å². The van der Waals surface area contributed by atoms with Gasteiger partial charge in [-0.1, -0.05) is 49.4 Å². The number of phenolic OH excluding ortho intramolecular Hbond substituents is 1. The molecule has 2 nitrogen and oxygen atoms in total. The molecule has 0 fully saturated rings. The van der Waals surface area contributed by atoms with E-state index >= 15 is 0 Å². The van der Waals surface area contributed by atoms with Gasteiger partial charge in [-0.2, -0.15) is 0 Å².